The van der Waals surface area contributed by atoms with Crippen LogP contribution in [0.1, 0.15) is 29.9 Å². The standard InChI is InChI=1S/C13H14FNO/c1-8-2-3-10(14)6-13(8)9-4-11(15)7-12(16)5-9/h2-3,6-7,9H,4-5,15H2,1H3/t9-/m0/s1. The number of nitrogens with two attached hydrogens (primary N) is 1. The zero-order valence-electron chi connectivity index (χ0n) is 9.16. The van der Waals surface area contributed by atoms with E-state index in [4.69, 9.17) is 5.73 Å². The van der Waals surface area contributed by atoms with Gasteiger partial charge in [-0.25, -0.2) is 4.39 Å². The second-order valence-corrected chi connectivity index (χ2v) is 4.29. The van der Waals surface area contributed by atoms with E-state index in [0.29, 0.717) is 18.5 Å². The molecule has 0 aliphatic heterocycles. The van der Waals surface area contributed by atoms with Crippen LogP contribution in [0.2, 0.25) is 0 Å². The molecular weight excluding hydrogens is 205 g/mol. The van der Waals surface area contributed by atoms with Crippen LogP contribution in [0.4, 0.5) is 4.39 Å². The third kappa shape index (κ3) is 2.13. The summed E-state index contributed by atoms with van der Waals surface area (Å²) in [7, 11) is 0. The van der Waals surface area contributed by atoms with Crippen LogP contribution >= 0.6 is 0 Å². The summed E-state index contributed by atoms with van der Waals surface area (Å²) in [5, 5.41) is 0. The number of aryl methyl sites for hydroxylation is 1. The Morgan fingerprint density at radius 2 is 2.12 bits per heavy atom. The van der Waals surface area contributed by atoms with Gasteiger partial charge >= 0.3 is 0 Å². The van der Waals surface area contributed by atoms with Crippen molar-refractivity contribution in [1.82, 2.24) is 0 Å². The third-order valence-electron chi connectivity index (χ3n) is 2.96. The first-order valence-electron chi connectivity index (χ1n) is 5.31. The molecule has 0 amide bonds. The molecule has 0 bridgehead atoms. The SMILES string of the molecule is Cc1ccc(F)cc1[C@@H]1CC(=O)C=C(N)C1. The summed E-state index contributed by atoms with van der Waals surface area (Å²) < 4.78 is 13.2. The number of rotatable bonds is 1. The number of benzene rings is 1. The quantitative estimate of drug-likeness (QED) is 0.788. The van der Waals surface area contributed by atoms with Crippen LogP contribution < -0.4 is 5.73 Å². The van der Waals surface area contributed by atoms with Crippen molar-refractivity contribution in [2.45, 2.75) is 25.7 Å². The van der Waals surface area contributed by atoms with Gasteiger partial charge in [-0.05, 0) is 48.6 Å². The lowest BCUT2D eigenvalue weighted by Crippen LogP contribution is -2.17. The Bertz CT molecular complexity index is 465. The van der Waals surface area contributed by atoms with Gasteiger partial charge in [0.1, 0.15) is 5.82 Å². The van der Waals surface area contributed by atoms with Gasteiger partial charge in [-0.15, -0.1) is 0 Å². The molecule has 84 valence electrons. The molecule has 2 nitrogen and oxygen atoms in total. The molecule has 1 aromatic rings. The first-order chi connectivity index (χ1) is 7.56. The van der Waals surface area contributed by atoms with Crippen LogP contribution in [0.3, 0.4) is 0 Å². The zero-order chi connectivity index (χ0) is 11.7. The molecule has 0 fully saturated rings. The van der Waals surface area contributed by atoms with Crippen LogP contribution in [-0.4, -0.2) is 5.78 Å². The molecule has 2 rings (SSSR count). The third-order valence-corrected chi connectivity index (χ3v) is 2.96. The van der Waals surface area contributed by atoms with Gasteiger partial charge < -0.3 is 5.73 Å². The molecular formula is C13H14FNO. The van der Waals surface area contributed by atoms with Crippen molar-refractivity contribution in [3.63, 3.8) is 0 Å². The van der Waals surface area contributed by atoms with E-state index in [0.717, 1.165) is 11.1 Å². The highest BCUT2D eigenvalue weighted by Crippen LogP contribution is 2.31. The smallest absolute Gasteiger partial charge is 0.158 e. The molecule has 0 heterocycles. The summed E-state index contributed by atoms with van der Waals surface area (Å²) in [6.07, 6.45) is 2.53. The van der Waals surface area contributed by atoms with E-state index in [1.165, 1.54) is 18.2 Å². The summed E-state index contributed by atoms with van der Waals surface area (Å²) in [6.45, 7) is 1.92. The summed E-state index contributed by atoms with van der Waals surface area (Å²) in [6, 6.07) is 4.68. The molecule has 1 aliphatic carbocycles. The minimum atomic E-state index is -0.263. The number of hydrogen-bond donors (Lipinski definition) is 1. The fourth-order valence-corrected chi connectivity index (χ4v) is 2.20. The van der Waals surface area contributed by atoms with Gasteiger partial charge in [0.05, 0.1) is 0 Å². The maximum atomic E-state index is 13.2. The van der Waals surface area contributed by atoms with Crippen molar-refractivity contribution in [2.75, 3.05) is 0 Å². The summed E-state index contributed by atoms with van der Waals surface area (Å²) in [4.78, 5) is 11.4. The fraction of sp³-hybridized carbons (Fsp3) is 0.308. The van der Waals surface area contributed by atoms with Crippen molar-refractivity contribution in [2.24, 2.45) is 5.73 Å². The van der Waals surface area contributed by atoms with Crippen molar-refractivity contribution < 1.29 is 9.18 Å². The highest BCUT2D eigenvalue weighted by atomic mass is 19.1. The Morgan fingerprint density at radius 3 is 2.81 bits per heavy atom. The van der Waals surface area contributed by atoms with E-state index >= 15 is 0 Å². The molecule has 0 spiro atoms. The molecule has 1 aromatic carbocycles. The number of halogens is 1. The lowest BCUT2D eigenvalue weighted by molar-refractivity contribution is -0.115. The molecule has 2 N–H and O–H groups in total. The van der Waals surface area contributed by atoms with E-state index in [1.807, 2.05) is 6.92 Å². The number of ketones is 1. The number of carbonyl (C=O) groups is 1. The van der Waals surface area contributed by atoms with Gasteiger partial charge in [0.2, 0.25) is 0 Å². The fourth-order valence-electron chi connectivity index (χ4n) is 2.20. The second-order valence-electron chi connectivity index (χ2n) is 4.29. The average molecular weight is 219 g/mol. The van der Waals surface area contributed by atoms with Gasteiger partial charge in [-0.1, -0.05) is 6.07 Å². The summed E-state index contributed by atoms with van der Waals surface area (Å²) >= 11 is 0. The van der Waals surface area contributed by atoms with Crippen LogP contribution in [0.25, 0.3) is 0 Å². The normalized spacial score (nSPS) is 20.8. The lowest BCUT2D eigenvalue weighted by Gasteiger charge is -2.22. The number of hydrogen-bond acceptors (Lipinski definition) is 2. The maximum Gasteiger partial charge on any atom is 0.158 e. The monoisotopic (exact) mass is 219 g/mol. The maximum absolute atomic E-state index is 13.2. The highest BCUT2D eigenvalue weighted by Gasteiger charge is 2.22. The van der Waals surface area contributed by atoms with E-state index in [2.05, 4.69) is 0 Å². The van der Waals surface area contributed by atoms with Gasteiger partial charge in [0, 0.05) is 12.1 Å². The van der Waals surface area contributed by atoms with E-state index in [-0.39, 0.29) is 17.5 Å². The van der Waals surface area contributed by atoms with Crippen molar-refractivity contribution in [3.05, 3.63) is 46.9 Å². The van der Waals surface area contributed by atoms with Crippen LogP contribution in [0, 0.1) is 12.7 Å². The molecule has 0 aromatic heterocycles. The van der Waals surface area contributed by atoms with Gasteiger partial charge in [-0.3, -0.25) is 4.79 Å². The van der Waals surface area contributed by atoms with Gasteiger partial charge in [0.15, 0.2) is 5.78 Å². The Hall–Kier alpha value is -1.64. The Kier molecular flexibility index (Phi) is 2.77. The van der Waals surface area contributed by atoms with Gasteiger partial charge in [0.25, 0.3) is 0 Å². The van der Waals surface area contributed by atoms with E-state index in [9.17, 15) is 9.18 Å². The van der Waals surface area contributed by atoms with Crippen molar-refractivity contribution in [1.29, 1.82) is 0 Å². The summed E-state index contributed by atoms with van der Waals surface area (Å²) in [5.41, 5.74) is 8.18. The number of carbonyl (C=O) groups excluding carboxylic acids is 1. The second kappa shape index (κ2) is 4.08. The predicted molar refractivity (Wildman–Crippen MR) is 60.4 cm³/mol. The van der Waals surface area contributed by atoms with Crippen molar-refractivity contribution >= 4 is 5.78 Å². The Morgan fingerprint density at radius 1 is 1.38 bits per heavy atom. The average Bonchev–Trinajstić information content (AvgIpc) is 2.20. The van der Waals surface area contributed by atoms with Crippen LogP contribution in [0.15, 0.2) is 30.0 Å². The van der Waals surface area contributed by atoms with Crippen LogP contribution in [0.5, 0.6) is 0 Å². The molecule has 3 heteroatoms. The Labute approximate surface area is 94.0 Å². The molecule has 0 saturated carbocycles. The molecule has 1 aliphatic rings. The molecule has 16 heavy (non-hydrogen) atoms. The summed E-state index contributed by atoms with van der Waals surface area (Å²) in [5.74, 6) is -0.216. The molecule has 0 saturated heterocycles. The van der Waals surface area contributed by atoms with Crippen LogP contribution in [-0.2, 0) is 4.79 Å². The van der Waals surface area contributed by atoms with Crippen molar-refractivity contribution in [3.8, 4) is 0 Å². The number of allylic oxidation sites excluding steroid dienone is 2. The topological polar surface area (TPSA) is 43.1 Å². The Balaban J connectivity index is 2.35. The minimum Gasteiger partial charge on any atom is -0.402 e. The first kappa shape index (κ1) is 10.9. The molecule has 0 radical (unpaired) electrons. The molecule has 0 unspecified atom stereocenters. The van der Waals surface area contributed by atoms with E-state index < -0.39 is 0 Å². The highest BCUT2D eigenvalue weighted by molar-refractivity contribution is 5.91. The zero-order valence-corrected chi connectivity index (χ0v) is 9.16. The largest absolute Gasteiger partial charge is 0.402 e. The minimum absolute atomic E-state index is 0.0215. The van der Waals surface area contributed by atoms with E-state index in [1.54, 1.807) is 6.07 Å². The predicted octanol–water partition coefficient (Wildman–Crippen LogP) is 2.42. The first-order valence-corrected chi connectivity index (χ1v) is 5.31. The molecule has 1 atom stereocenters. The lowest BCUT2D eigenvalue weighted by atomic mass is 9.83. The van der Waals surface area contributed by atoms with Gasteiger partial charge in [-0.2, -0.15) is 0 Å².